The minimum Gasteiger partial charge on any atom is -0.466 e. The molecule has 1 aliphatic heterocycles. The average molecular weight is 372 g/mol. The third-order valence-electron chi connectivity index (χ3n) is 4.64. The number of likely N-dealkylation sites (tertiary alicyclic amines) is 1. The van der Waals surface area contributed by atoms with E-state index in [0.29, 0.717) is 32.5 Å². The highest BCUT2D eigenvalue weighted by Crippen LogP contribution is 2.27. The van der Waals surface area contributed by atoms with Crippen molar-refractivity contribution in [3.63, 3.8) is 0 Å². The molecule has 0 radical (unpaired) electrons. The summed E-state index contributed by atoms with van der Waals surface area (Å²) in [6.45, 7) is 5.36. The van der Waals surface area contributed by atoms with Crippen molar-refractivity contribution in [3.8, 4) is 0 Å². The second-order valence-corrected chi connectivity index (χ2v) is 7.81. The maximum Gasteiger partial charge on any atom is 0.309 e. The summed E-state index contributed by atoms with van der Waals surface area (Å²) in [7, 11) is 0. The zero-order valence-corrected chi connectivity index (χ0v) is 16.0. The Labute approximate surface area is 158 Å². The van der Waals surface area contributed by atoms with Crippen molar-refractivity contribution in [2.24, 2.45) is 5.92 Å². The van der Waals surface area contributed by atoms with Crippen LogP contribution >= 0.6 is 11.8 Å². The third-order valence-corrected chi connectivity index (χ3v) is 5.67. The van der Waals surface area contributed by atoms with E-state index < -0.39 is 0 Å². The maximum atomic E-state index is 12.7. The lowest BCUT2D eigenvalue weighted by Crippen LogP contribution is -2.43. The molecule has 0 N–H and O–H groups in total. The van der Waals surface area contributed by atoms with Crippen molar-refractivity contribution in [3.05, 3.63) is 36.4 Å². The molecule has 0 aliphatic carbocycles. The van der Waals surface area contributed by atoms with Crippen molar-refractivity contribution in [1.29, 1.82) is 0 Å². The highest BCUT2D eigenvalue weighted by molar-refractivity contribution is 8.00. The first kappa shape index (κ1) is 18.7. The number of benzene rings is 1. The highest BCUT2D eigenvalue weighted by atomic mass is 32.2. The van der Waals surface area contributed by atoms with E-state index in [1.165, 1.54) is 11.8 Å². The first-order chi connectivity index (χ1) is 12.6. The minimum absolute atomic E-state index is 0.0795. The SMILES string of the molecule is CCOC(=O)C1CCN(C(=O)C(C)Sc2ccc3ccccc3n2)CC1. The van der Waals surface area contributed by atoms with Crippen molar-refractivity contribution >= 4 is 34.5 Å². The molecule has 0 saturated carbocycles. The molecule has 2 heterocycles. The number of thioether (sulfide) groups is 1. The predicted molar refractivity (Wildman–Crippen MR) is 103 cm³/mol. The monoisotopic (exact) mass is 372 g/mol. The number of fused-ring (bicyclic) bond motifs is 1. The molecule has 138 valence electrons. The molecule has 0 spiro atoms. The van der Waals surface area contributed by atoms with Gasteiger partial charge in [-0.2, -0.15) is 0 Å². The van der Waals surface area contributed by atoms with E-state index in [2.05, 4.69) is 4.98 Å². The van der Waals surface area contributed by atoms with Crippen LogP contribution in [0.2, 0.25) is 0 Å². The van der Waals surface area contributed by atoms with Crippen LogP contribution in [0.4, 0.5) is 0 Å². The van der Waals surface area contributed by atoms with Gasteiger partial charge < -0.3 is 9.64 Å². The second-order valence-electron chi connectivity index (χ2n) is 6.45. The van der Waals surface area contributed by atoms with Crippen molar-refractivity contribution < 1.29 is 14.3 Å². The number of hydrogen-bond acceptors (Lipinski definition) is 5. The fourth-order valence-corrected chi connectivity index (χ4v) is 4.11. The normalized spacial score (nSPS) is 16.5. The zero-order valence-electron chi connectivity index (χ0n) is 15.2. The van der Waals surface area contributed by atoms with Crippen LogP contribution in [0.25, 0.3) is 10.9 Å². The Hall–Kier alpha value is -2.08. The van der Waals surface area contributed by atoms with Crippen LogP contribution in [0.3, 0.4) is 0 Å². The summed E-state index contributed by atoms with van der Waals surface area (Å²) < 4.78 is 5.08. The second kappa shape index (κ2) is 8.54. The van der Waals surface area contributed by atoms with Gasteiger partial charge in [0.1, 0.15) is 0 Å². The highest BCUT2D eigenvalue weighted by Gasteiger charge is 2.30. The molecular formula is C20H24N2O3S. The van der Waals surface area contributed by atoms with E-state index in [1.54, 1.807) is 0 Å². The lowest BCUT2D eigenvalue weighted by Gasteiger charge is -2.32. The van der Waals surface area contributed by atoms with Crippen LogP contribution in [0.5, 0.6) is 0 Å². The molecule has 1 aromatic heterocycles. The summed E-state index contributed by atoms with van der Waals surface area (Å²) in [4.78, 5) is 31.0. The summed E-state index contributed by atoms with van der Waals surface area (Å²) >= 11 is 1.48. The van der Waals surface area contributed by atoms with Gasteiger partial charge in [0.2, 0.25) is 5.91 Å². The molecule has 2 aromatic rings. The van der Waals surface area contributed by atoms with Crippen LogP contribution in [0.15, 0.2) is 41.4 Å². The van der Waals surface area contributed by atoms with Gasteiger partial charge in [0.05, 0.1) is 28.3 Å². The van der Waals surface area contributed by atoms with E-state index >= 15 is 0 Å². The molecule has 1 unspecified atom stereocenters. The van der Waals surface area contributed by atoms with Crippen molar-refractivity contribution in [1.82, 2.24) is 9.88 Å². The van der Waals surface area contributed by atoms with E-state index in [4.69, 9.17) is 4.74 Å². The molecule has 1 amide bonds. The molecule has 1 saturated heterocycles. The van der Waals surface area contributed by atoms with Gasteiger partial charge in [0.25, 0.3) is 0 Å². The number of para-hydroxylation sites is 1. The van der Waals surface area contributed by atoms with Crippen molar-refractivity contribution in [2.45, 2.75) is 37.0 Å². The molecule has 3 rings (SSSR count). The van der Waals surface area contributed by atoms with Gasteiger partial charge in [0.15, 0.2) is 0 Å². The van der Waals surface area contributed by atoms with Crippen LogP contribution in [-0.4, -0.2) is 46.7 Å². The largest absolute Gasteiger partial charge is 0.466 e. The molecular weight excluding hydrogens is 348 g/mol. The summed E-state index contributed by atoms with van der Waals surface area (Å²) in [5.41, 5.74) is 0.937. The summed E-state index contributed by atoms with van der Waals surface area (Å²) in [5, 5.41) is 1.74. The molecule has 1 aliphatic rings. The number of rotatable bonds is 5. The Balaban J connectivity index is 1.57. The number of amides is 1. The van der Waals surface area contributed by atoms with Gasteiger partial charge in [-0.1, -0.05) is 36.0 Å². The Morgan fingerprint density at radius 1 is 1.23 bits per heavy atom. The van der Waals surface area contributed by atoms with E-state index in [1.807, 2.05) is 55.1 Å². The Bertz CT molecular complexity index is 787. The van der Waals surface area contributed by atoms with Gasteiger partial charge in [-0.15, -0.1) is 0 Å². The molecule has 0 bridgehead atoms. The first-order valence-electron chi connectivity index (χ1n) is 9.06. The van der Waals surface area contributed by atoms with E-state index in [0.717, 1.165) is 15.9 Å². The fourth-order valence-electron chi connectivity index (χ4n) is 3.20. The third kappa shape index (κ3) is 4.36. The topological polar surface area (TPSA) is 59.5 Å². The van der Waals surface area contributed by atoms with Crippen LogP contribution < -0.4 is 0 Å². The number of hydrogen-bond donors (Lipinski definition) is 0. The van der Waals surface area contributed by atoms with Gasteiger partial charge in [-0.05, 0) is 38.8 Å². The summed E-state index contributed by atoms with van der Waals surface area (Å²) in [6, 6.07) is 12.0. The molecule has 6 heteroatoms. The van der Waals surface area contributed by atoms with Gasteiger partial charge >= 0.3 is 5.97 Å². The van der Waals surface area contributed by atoms with E-state index in [-0.39, 0.29) is 23.0 Å². The molecule has 26 heavy (non-hydrogen) atoms. The van der Waals surface area contributed by atoms with Gasteiger partial charge in [0, 0.05) is 18.5 Å². The Morgan fingerprint density at radius 2 is 1.96 bits per heavy atom. The number of pyridine rings is 1. The number of carbonyl (C=O) groups is 2. The van der Waals surface area contributed by atoms with Crippen LogP contribution in [0.1, 0.15) is 26.7 Å². The van der Waals surface area contributed by atoms with Crippen LogP contribution in [-0.2, 0) is 14.3 Å². The summed E-state index contributed by atoms with van der Waals surface area (Å²) in [6.07, 6.45) is 1.35. The number of esters is 1. The number of piperidine rings is 1. The Morgan fingerprint density at radius 3 is 2.69 bits per heavy atom. The zero-order chi connectivity index (χ0) is 18.5. The standard InChI is InChI=1S/C20H24N2O3S/c1-3-25-20(24)16-10-12-22(13-11-16)19(23)14(2)26-18-9-8-15-6-4-5-7-17(15)21-18/h4-9,14,16H,3,10-13H2,1-2H3. The quantitative estimate of drug-likeness (QED) is 0.594. The summed E-state index contributed by atoms with van der Waals surface area (Å²) in [5.74, 6) is -0.112. The van der Waals surface area contributed by atoms with Crippen molar-refractivity contribution in [2.75, 3.05) is 19.7 Å². The lowest BCUT2D eigenvalue weighted by atomic mass is 9.97. The smallest absolute Gasteiger partial charge is 0.309 e. The predicted octanol–water partition coefficient (Wildman–Crippen LogP) is 3.52. The van der Waals surface area contributed by atoms with Gasteiger partial charge in [-0.3, -0.25) is 9.59 Å². The van der Waals surface area contributed by atoms with Crippen LogP contribution in [0, 0.1) is 5.92 Å². The average Bonchev–Trinajstić information content (AvgIpc) is 2.67. The lowest BCUT2D eigenvalue weighted by molar-refractivity contribution is -0.151. The minimum atomic E-state index is -0.206. The number of ether oxygens (including phenoxy) is 1. The number of nitrogens with zero attached hydrogens (tertiary/aromatic N) is 2. The van der Waals surface area contributed by atoms with E-state index in [9.17, 15) is 9.59 Å². The first-order valence-corrected chi connectivity index (χ1v) is 9.94. The fraction of sp³-hybridized carbons (Fsp3) is 0.450. The molecule has 1 aromatic carbocycles. The van der Waals surface area contributed by atoms with Gasteiger partial charge in [-0.25, -0.2) is 4.98 Å². The number of aromatic nitrogens is 1. The maximum absolute atomic E-state index is 12.7. The number of carbonyl (C=O) groups excluding carboxylic acids is 2. The Kier molecular flexibility index (Phi) is 6.14. The molecule has 1 atom stereocenters. The molecule has 5 nitrogen and oxygen atoms in total. The molecule has 1 fully saturated rings.